The molecule has 0 radical (unpaired) electrons. The van der Waals surface area contributed by atoms with E-state index in [4.69, 9.17) is 11.7 Å². The van der Waals surface area contributed by atoms with Gasteiger partial charge in [0.1, 0.15) is 5.60 Å². The van der Waals surface area contributed by atoms with Gasteiger partial charge in [0.15, 0.2) is 5.79 Å². The van der Waals surface area contributed by atoms with Crippen LogP contribution in [-0.4, -0.2) is 31.4 Å². The quantitative estimate of drug-likeness (QED) is 0.514. The average molecular weight is 327 g/mol. The molecule has 0 atom stereocenters. The van der Waals surface area contributed by atoms with Gasteiger partial charge in [0.2, 0.25) is 0 Å². The summed E-state index contributed by atoms with van der Waals surface area (Å²) >= 11 is -1.75. The molecule has 0 aliphatic heterocycles. The van der Waals surface area contributed by atoms with Gasteiger partial charge in [0, 0.05) is 5.92 Å². The first-order valence-electron chi connectivity index (χ1n) is 7.05. The van der Waals surface area contributed by atoms with E-state index in [0.717, 1.165) is 0 Å². The third-order valence-corrected chi connectivity index (χ3v) is 3.53. The zero-order valence-corrected chi connectivity index (χ0v) is 15.5. The standard InChI is InChI=1S/C14H30O3.H2O.O.Ti/c1-9(2)13(10(3)4,17-12(7)8)14(15,16)11(5)6;;;/h9-12,15-16H,1-8H3;1H2;;/q;;;+1/p-1. The van der Waals surface area contributed by atoms with Crippen LogP contribution in [0, 0.1) is 17.8 Å². The molecule has 0 spiro atoms. The van der Waals surface area contributed by atoms with Crippen molar-refractivity contribution in [3.63, 3.8) is 0 Å². The molecule has 0 heterocycles. The Balaban J connectivity index is 0. The van der Waals surface area contributed by atoms with Crippen LogP contribution in [0.15, 0.2) is 0 Å². The Bertz CT molecular complexity index is 267. The molecule has 0 aromatic rings. The van der Waals surface area contributed by atoms with Crippen molar-refractivity contribution < 1.29 is 41.5 Å². The van der Waals surface area contributed by atoms with E-state index >= 15 is 0 Å². The number of hydrogen-bond acceptors (Lipinski definition) is 4. The van der Waals surface area contributed by atoms with Crippen molar-refractivity contribution in [1.82, 2.24) is 0 Å². The second kappa shape index (κ2) is 9.39. The molecule has 0 aromatic carbocycles. The molecule has 0 unspecified atom stereocenters. The van der Waals surface area contributed by atoms with Gasteiger partial charge in [0.25, 0.3) is 0 Å². The Morgan fingerprint density at radius 2 is 1.15 bits per heavy atom. The molecule has 5 nitrogen and oxygen atoms in total. The summed E-state index contributed by atoms with van der Waals surface area (Å²) in [5, 5.41) is 21.0. The predicted octanol–water partition coefficient (Wildman–Crippen LogP) is 2.12. The van der Waals surface area contributed by atoms with E-state index in [1.54, 1.807) is 0 Å². The minimum absolute atomic E-state index is 0.0160. The van der Waals surface area contributed by atoms with Crippen LogP contribution in [0.5, 0.6) is 0 Å². The summed E-state index contributed by atoms with van der Waals surface area (Å²) in [6.45, 7) is 15.4. The van der Waals surface area contributed by atoms with Crippen molar-refractivity contribution in [3.05, 3.63) is 0 Å². The summed E-state index contributed by atoms with van der Waals surface area (Å²) in [5.74, 6) is -2.09. The van der Waals surface area contributed by atoms with Crippen LogP contribution in [0.1, 0.15) is 55.4 Å². The van der Waals surface area contributed by atoms with Gasteiger partial charge in [-0.2, -0.15) is 0 Å². The molecule has 0 amide bonds. The fourth-order valence-electron chi connectivity index (χ4n) is 2.72. The third-order valence-electron chi connectivity index (χ3n) is 3.53. The van der Waals surface area contributed by atoms with Crippen molar-refractivity contribution in [1.29, 1.82) is 0 Å². The summed E-state index contributed by atoms with van der Waals surface area (Å²) in [6.07, 6.45) is -0.0442. The molecule has 0 bridgehead atoms. The second-order valence-corrected chi connectivity index (χ2v) is 6.53. The first-order valence-corrected chi connectivity index (χ1v) is 8.39. The summed E-state index contributed by atoms with van der Waals surface area (Å²) in [5.41, 5.74) is -0.949. The summed E-state index contributed by atoms with van der Waals surface area (Å²) in [4.78, 5) is 0. The molecule has 0 aliphatic carbocycles. The van der Waals surface area contributed by atoms with Crippen LogP contribution in [0.4, 0.5) is 0 Å². The van der Waals surface area contributed by atoms with Crippen LogP contribution >= 0.6 is 0 Å². The molecule has 0 aromatic heterocycles. The predicted molar refractivity (Wildman–Crippen MR) is 73.5 cm³/mol. The molecule has 0 fully saturated rings. The maximum absolute atomic E-state index is 10.5. The SMILES string of the molecule is CC(C)OC(C(C)C)(C(C)C)C(O)(O)C(C)C.[O]=[Ti][OH]. The zero-order chi connectivity index (χ0) is 16.7. The van der Waals surface area contributed by atoms with Gasteiger partial charge in [-0.15, -0.1) is 0 Å². The van der Waals surface area contributed by atoms with Crippen molar-refractivity contribution >= 4 is 0 Å². The second-order valence-electron chi connectivity index (χ2n) is 6.24. The Kier molecular flexibility index (Phi) is 10.6. The van der Waals surface area contributed by atoms with Gasteiger partial charge < -0.3 is 14.9 Å². The summed E-state index contributed by atoms with van der Waals surface area (Å²) < 4.78 is 21.7. The molecule has 121 valence electrons. The van der Waals surface area contributed by atoms with Gasteiger partial charge in [-0.05, 0) is 25.7 Å². The molecule has 0 saturated carbocycles. The Morgan fingerprint density at radius 3 is 1.30 bits per heavy atom. The van der Waals surface area contributed by atoms with Gasteiger partial charge in [0.05, 0.1) is 6.10 Å². The van der Waals surface area contributed by atoms with Gasteiger partial charge in [-0.1, -0.05) is 41.5 Å². The zero-order valence-electron chi connectivity index (χ0n) is 14.0. The maximum atomic E-state index is 10.5. The van der Waals surface area contributed by atoms with Crippen LogP contribution in [-0.2, 0) is 27.6 Å². The van der Waals surface area contributed by atoms with Crippen LogP contribution in [0.3, 0.4) is 0 Å². The molecule has 3 N–H and O–H groups in total. The van der Waals surface area contributed by atoms with Crippen LogP contribution in [0.25, 0.3) is 0 Å². The Morgan fingerprint density at radius 1 is 0.850 bits per heavy atom. The molecule has 20 heavy (non-hydrogen) atoms. The summed E-state index contributed by atoms with van der Waals surface area (Å²) in [7, 11) is 0. The van der Waals surface area contributed by atoms with E-state index in [9.17, 15) is 10.2 Å². The van der Waals surface area contributed by atoms with Crippen LogP contribution < -0.4 is 0 Å². The number of ether oxygens (including phenoxy) is 1. The van der Waals surface area contributed by atoms with Gasteiger partial charge in [-0.25, -0.2) is 0 Å². The Labute approximate surface area is 132 Å². The molecule has 0 rings (SSSR count). The fourth-order valence-corrected chi connectivity index (χ4v) is 2.72. The third kappa shape index (κ3) is 5.28. The summed E-state index contributed by atoms with van der Waals surface area (Å²) in [6, 6.07) is 0. The first kappa shape index (κ1) is 22.6. The van der Waals surface area contributed by atoms with Crippen LogP contribution in [0.2, 0.25) is 0 Å². The average Bonchev–Trinajstić information content (AvgIpc) is 2.24. The molecular formula is C14H31O5Ti. The van der Waals surface area contributed by atoms with Crippen molar-refractivity contribution in [2.75, 3.05) is 0 Å². The van der Waals surface area contributed by atoms with Crippen molar-refractivity contribution in [2.24, 2.45) is 17.8 Å². The van der Waals surface area contributed by atoms with E-state index in [1.165, 1.54) is 0 Å². The molecule has 0 aliphatic rings. The number of rotatable bonds is 6. The fraction of sp³-hybridized carbons (Fsp3) is 1.00. The number of hydrogen-bond donors (Lipinski definition) is 3. The van der Waals surface area contributed by atoms with E-state index in [-0.39, 0.29) is 23.9 Å². The van der Waals surface area contributed by atoms with E-state index in [1.807, 2.05) is 55.4 Å². The van der Waals surface area contributed by atoms with Gasteiger partial charge >= 0.3 is 26.5 Å². The normalized spacial score (nSPS) is 12.8. The monoisotopic (exact) mass is 327 g/mol. The van der Waals surface area contributed by atoms with Crippen molar-refractivity contribution in [3.8, 4) is 0 Å². The van der Waals surface area contributed by atoms with Crippen molar-refractivity contribution in [2.45, 2.75) is 72.9 Å². The molecule has 0 saturated heterocycles. The van der Waals surface area contributed by atoms with E-state index in [2.05, 4.69) is 0 Å². The Hall–Kier alpha value is 0.354. The topological polar surface area (TPSA) is 87.0 Å². The number of aliphatic hydroxyl groups is 2. The van der Waals surface area contributed by atoms with E-state index < -0.39 is 30.9 Å². The van der Waals surface area contributed by atoms with E-state index in [0.29, 0.717) is 0 Å². The minimum atomic E-state index is -1.83. The van der Waals surface area contributed by atoms with Gasteiger partial charge in [-0.3, -0.25) is 0 Å². The molecular weight excluding hydrogens is 296 g/mol. The molecule has 6 heteroatoms. The first-order chi connectivity index (χ1) is 8.91.